The first-order chi connectivity index (χ1) is 13.8. The zero-order valence-corrected chi connectivity index (χ0v) is 17.9. The number of ether oxygens (including phenoxy) is 2. The number of methoxy groups -OCH3 is 2. The molecule has 0 saturated carbocycles. The average molecular weight is 419 g/mol. The summed E-state index contributed by atoms with van der Waals surface area (Å²) in [4.78, 5) is 25.3. The number of halogens is 1. The van der Waals surface area contributed by atoms with E-state index in [0.29, 0.717) is 35.1 Å². The normalized spacial score (nSPS) is 11.7. The Bertz CT molecular complexity index is 837. The number of rotatable bonds is 9. The second-order valence-electron chi connectivity index (χ2n) is 7.07. The van der Waals surface area contributed by atoms with E-state index in [9.17, 15) is 9.59 Å². The van der Waals surface area contributed by atoms with Crippen molar-refractivity contribution in [1.82, 2.24) is 10.6 Å². The van der Waals surface area contributed by atoms with E-state index in [2.05, 4.69) is 10.6 Å². The van der Waals surface area contributed by atoms with Crippen LogP contribution in [0.5, 0.6) is 11.5 Å². The lowest BCUT2D eigenvalue weighted by Crippen LogP contribution is -2.47. The Labute approximate surface area is 176 Å². The summed E-state index contributed by atoms with van der Waals surface area (Å²) in [6.45, 7) is 4.32. The fraction of sp³-hybridized carbons (Fsp3) is 0.364. The van der Waals surface area contributed by atoms with Gasteiger partial charge in [-0.2, -0.15) is 0 Å². The van der Waals surface area contributed by atoms with Crippen molar-refractivity contribution >= 4 is 23.4 Å². The Hall–Kier alpha value is -2.73. The van der Waals surface area contributed by atoms with Crippen LogP contribution < -0.4 is 20.1 Å². The van der Waals surface area contributed by atoms with Crippen molar-refractivity contribution in [3.8, 4) is 11.5 Å². The van der Waals surface area contributed by atoms with Crippen molar-refractivity contribution in [2.45, 2.75) is 32.9 Å². The molecule has 6 nitrogen and oxygen atoms in total. The quantitative estimate of drug-likeness (QED) is 0.649. The Morgan fingerprint density at radius 3 is 2.24 bits per heavy atom. The number of carbonyl (C=O) groups excluding carboxylic acids is 2. The third kappa shape index (κ3) is 6.68. The predicted molar refractivity (Wildman–Crippen MR) is 114 cm³/mol. The molecule has 7 heteroatoms. The molecule has 2 aromatic carbocycles. The summed E-state index contributed by atoms with van der Waals surface area (Å²) in [7, 11) is 3.13. The van der Waals surface area contributed by atoms with E-state index in [1.54, 1.807) is 44.6 Å². The van der Waals surface area contributed by atoms with Gasteiger partial charge in [-0.25, -0.2) is 0 Å². The van der Waals surface area contributed by atoms with E-state index in [4.69, 9.17) is 21.1 Å². The van der Waals surface area contributed by atoms with E-state index in [0.717, 1.165) is 5.56 Å². The molecule has 0 unspecified atom stereocenters. The first kappa shape index (κ1) is 22.6. The highest BCUT2D eigenvalue weighted by Crippen LogP contribution is 2.27. The molecule has 2 amide bonds. The molecule has 0 aliphatic carbocycles. The van der Waals surface area contributed by atoms with Crippen LogP contribution in [0.1, 0.15) is 36.2 Å². The SMILES string of the molecule is COc1ccc(CNC(=O)[C@H](CC(C)C)NC(=O)c2ccc(Cl)cc2)cc1OC. The highest BCUT2D eigenvalue weighted by Gasteiger charge is 2.22. The van der Waals surface area contributed by atoms with E-state index >= 15 is 0 Å². The van der Waals surface area contributed by atoms with Gasteiger partial charge in [0.1, 0.15) is 6.04 Å². The third-order valence-electron chi connectivity index (χ3n) is 4.35. The van der Waals surface area contributed by atoms with Gasteiger partial charge < -0.3 is 20.1 Å². The second kappa shape index (κ2) is 10.7. The lowest BCUT2D eigenvalue weighted by Gasteiger charge is -2.20. The number of hydrogen-bond acceptors (Lipinski definition) is 4. The predicted octanol–water partition coefficient (Wildman–Crippen LogP) is 3.82. The van der Waals surface area contributed by atoms with E-state index in [1.165, 1.54) is 0 Å². The Balaban J connectivity index is 2.04. The van der Waals surface area contributed by atoms with E-state index < -0.39 is 6.04 Å². The van der Waals surface area contributed by atoms with Crippen LogP contribution in [0, 0.1) is 5.92 Å². The molecule has 29 heavy (non-hydrogen) atoms. The molecule has 0 aliphatic heterocycles. The molecule has 156 valence electrons. The molecule has 0 spiro atoms. The molecule has 0 aromatic heterocycles. The number of carbonyl (C=O) groups is 2. The first-order valence-corrected chi connectivity index (χ1v) is 9.76. The van der Waals surface area contributed by atoms with Gasteiger partial charge >= 0.3 is 0 Å². The molecule has 0 aliphatic rings. The summed E-state index contributed by atoms with van der Waals surface area (Å²) in [5.74, 6) is 0.895. The maximum absolute atomic E-state index is 12.7. The monoisotopic (exact) mass is 418 g/mol. The van der Waals surface area contributed by atoms with E-state index in [-0.39, 0.29) is 17.7 Å². The van der Waals surface area contributed by atoms with Gasteiger partial charge in [-0.15, -0.1) is 0 Å². The highest BCUT2D eigenvalue weighted by atomic mass is 35.5. The van der Waals surface area contributed by atoms with Gasteiger partial charge in [0, 0.05) is 17.1 Å². The zero-order chi connectivity index (χ0) is 21.4. The average Bonchev–Trinajstić information content (AvgIpc) is 2.71. The van der Waals surface area contributed by atoms with Crippen molar-refractivity contribution in [2.24, 2.45) is 5.92 Å². The highest BCUT2D eigenvalue weighted by molar-refractivity contribution is 6.30. The molecule has 2 rings (SSSR count). The summed E-state index contributed by atoms with van der Waals surface area (Å²) in [6, 6.07) is 11.4. The lowest BCUT2D eigenvalue weighted by atomic mass is 10.0. The first-order valence-electron chi connectivity index (χ1n) is 9.39. The van der Waals surface area contributed by atoms with Crippen molar-refractivity contribution in [3.05, 3.63) is 58.6 Å². The maximum atomic E-state index is 12.7. The van der Waals surface area contributed by atoms with Crippen LogP contribution >= 0.6 is 11.6 Å². The van der Waals surface area contributed by atoms with Crippen molar-refractivity contribution in [1.29, 1.82) is 0 Å². The summed E-state index contributed by atoms with van der Waals surface area (Å²) >= 11 is 5.87. The molecule has 1 atom stereocenters. The number of nitrogens with one attached hydrogen (secondary N) is 2. The molecule has 0 radical (unpaired) electrons. The van der Waals surface area contributed by atoms with Crippen LogP contribution in [0.15, 0.2) is 42.5 Å². The number of hydrogen-bond donors (Lipinski definition) is 2. The molecule has 2 N–H and O–H groups in total. The largest absolute Gasteiger partial charge is 0.493 e. The minimum absolute atomic E-state index is 0.234. The van der Waals surface area contributed by atoms with Gasteiger partial charge in [0.05, 0.1) is 14.2 Å². The van der Waals surface area contributed by atoms with Crippen molar-refractivity contribution < 1.29 is 19.1 Å². The Kier molecular flexibility index (Phi) is 8.34. The maximum Gasteiger partial charge on any atom is 0.251 e. The minimum Gasteiger partial charge on any atom is -0.493 e. The van der Waals surface area contributed by atoms with Crippen LogP contribution in [0.4, 0.5) is 0 Å². The number of amides is 2. The molecular weight excluding hydrogens is 392 g/mol. The number of benzene rings is 2. The van der Waals surface area contributed by atoms with Gasteiger partial charge in [0.2, 0.25) is 5.91 Å². The second-order valence-corrected chi connectivity index (χ2v) is 7.51. The minimum atomic E-state index is -0.640. The molecule has 0 fully saturated rings. The van der Waals surface area contributed by atoms with Crippen LogP contribution in [0.25, 0.3) is 0 Å². The van der Waals surface area contributed by atoms with Crippen LogP contribution in [-0.2, 0) is 11.3 Å². The van der Waals surface area contributed by atoms with Crippen LogP contribution in [0.2, 0.25) is 5.02 Å². The van der Waals surface area contributed by atoms with Gasteiger partial charge in [0.25, 0.3) is 5.91 Å². The van der Waals surface area contributed by atoms with Gasteiger partial charge in [-0.1, -0.05) is 31.5 Å². The summed E-state index contributed by atoms with van der Waals surface area (Å²) in [6.07, 6.45) is 0.525. The zero-order valence-electron chi connectivity index (χ0n) is 17.1. The van der Waals surface area contributed by atoms with Gasteiger partial charge in [-0.3, -0.25) is 9.59 Å². The summed E-state index contributed by atoms with van der Waals surface area (Å²) < 4.78 is 10.5. The molecule has 2 aromatic rings. The van der Waals surface area contributed by atoms with Gasteiger partial charge in [0.15, 0.2) is 11.5 Å². The smallest absolute Gasteiger partial charge is 0.251 e. The van der Waals surface area contributed by atoms with Crippen LogP contribution in [0.3, 0.4) is 0 Å². The summed E-state index contributed by atoms with van der Waals surface area (Å²) in [5.41, 5.74) is 1.32. The Morgan fingerprint density at radius 1 is 1.00 bits per heavy atom. The van der Waals surface area contributed by atoms with Gasteiger partial charge in [-0.05, 0) is 54.3 Å². The molecule has 0 heterocycles. The van der Waals surface area contributed by atoms with Crippen molar-refractivity contribution in [2.75, 3.05) is 14.2 Å². The lowest BCUT2D eigenvalue weighted by molar-refractivity contribution is -0.123. The van der Waals surface area contributed by atoms with Crippen molar-refractivity contribution in [3.63, 3.8) is 0 Å². The molecule has 0 bridgehead atoms. The van der Waals surface area contributed by atoms with Crippen LogP contribution in [-0.4, -0.2) is 32.1 Å². The van der Waals surface area contributed by atoms with E-state index in [1.807, 2.05) is 26.0 Å². The molecule has 0 saturated heterocycles. The Morgan fingerprint density at radius 2 is 1.66 bits per heavy atom. The summed E-state index contributed by atoms with van der Waals surface area (Å²) in [5, 5.41) is 6.26. The molecular formula is C22H27ClN2O4. The fourth-order valence-corrected chi connectivity index (χ4v) is 2.97. The topological polar surface area (TPSA) is 76.7 Å². The third-order valence-corrected chi connectivity index (χ3v) is 4.60. The fourth-order valence-electron chi connectivity index (χ4n) is 2.85. The standard InChI is InChI=1S/C22H27ClN2O4/c1-14(2)11-18(25-21(26)16-6-8-17(23)9-7-16)22(27)24-13-15-5-10-19(28-3)20(12-15)29-4/h5-10,12,14,18H,11,13H2,1-4H3,(H,24,27)(H,25,26)/t18-/m0/s1.